The molecule has 0 unspecified atom stereocenters. The van der Waals surface area contributed by atoms with E-state index >= 15 is 0 Å². The molecular formula is C14H21N3O. The largest absolute Gasteiger partial charge is 0.361 e. The highest BCUT2D eigenvalue weighted by Gasteiger charge is 2.09. The summed E-state index contributed by atoms with van der Waals surface area (Å²) < 4.78 is 7.53. The Balaban J connectivity index is 2.28. The van der Waals surface area contributed by atoms with Gasteiger partial charge < -0.3 is 14.6 Å². The van der Waals surface area contributed by atoms with Gasteiger partial charge >= 0.3 is 0 Å². The van der Waals surface area contributed by atoms with Crippen molar-refractivity contribution in [2.75, 3.05) is 6.61 Å². The molecule has 0 bridgehead atoms. The van der Waals surface area contributed by atoms with Gasteiger partial charge in [-0.3, -0.25) is 0 Å². The van der Waals surface area contributed by atoms with Gasteiger partial charge in [0, 0.05) is 37.0 Å². The Morgan fingerprint density at radius 3 is 3.00 bits per heavy atom. The summed E-state index contributed by atoms with van der Waals surface area (Å²) >= 11 is 0. The van der Waals surface area contributed by atoms with Crippen LogP contribution in [0.15, 0.2) is 24.5 Å². The highest BCUT2D eigenvalue weighted by molar-refractivity contribution is 5.80. The molecule has 18 heavy (non-hydrogen) atoms. The van der Waals surface area contributed by atoms with E-state index in [4.69, 9.17) is 4.74 Å². The van der Waals surface area contributed by atoms with Crippen LogP contribution in [0, 0.1) is 0 Å². The summed E-state index contributed by atoms with van der Waals surface area (Å²) in [6, 6.07) is 4.57. The van der Waals surface area contributed by atoms with Crippen molar-refractivity contribution < 1.29 is 4.74 Å². The minimum Gasteiger partial charge on any atom is -0.361 e. The van der Waals surface area contributed by atoms with E-state index in [0.717, 1.165) is 12.2 Å². The molecule has 1 N–H and O–H groups in total. The van der Waals surface area contributed by atoms with Crippen molar-refractivity contribution in [2.45, 2.75) is 40.1 Å². The van der Waals surface area contributed by atoms with Gasteiger partial charge in [0.1, 0.15) is 12.4 Å². The van der Waals surface area contributed by atoms with E-state index in [1.54, 1.807) is 0 Å². The number of nitrogens with zero attached hydrogens (tertiary/aromatic N) is 2. The zero-order valence-corrected chi connectivity index (χ0v) is 11.3. The van der Waals surface area contributed by atoms with Crippen LogP contribution in [0.2, 0.25) is 0 Å². The van der Waals surface area contributed by atoms with Crippen molar-refractivity contribution in [1.82, 2.24) is 14.9 Å². The van der Waals surface area contributed by atoms with Crippen LogP contribution in [0.4, 0.5) is 0 Å². The molecule has 0 radical (unpaired) electrons. The lowest BCUT2D eigenvalue weighted by atomic mass is 10.2. The van der Waals surface area contributed by atoms with Crippen molar-refractivity contribution >= 4 is 11.0 Å². The monoisotopic (exact) mass is 247 g/mol. The number of nitrogens with one attached hydrogen (secondary N) is 1. The maximum absolute atomic E-state index is 5.47. The second kappa shape index (κ2) is 5.98. The van der Waals surface area contributed by atoms with Crippen LogP contribution in [0.1, 0.15) is 26.3 Å². The van der Waals surface area contributed by atoms with E-state index in [1.807, 2.05) is 19.2 Å². The molecule has 98 valence electrons. The summed E-state index contributed by atoms with van der Waals surface area (Å²) in [5.74, 6) is 0. The summed E-state index contributed by atoms with van der Waals surface area (Å²) in [4.78, 5) is 4.44. The number of fused-ring (bicyclic) bond motifs is 1. The average Bonchev–Trinajstić information content (AvgIpc) is 2.72. The molecular weight excluding hydrogens is 226 g/mol. The normalized spacial score (nSPS) is 11.6. The molecule has 0 spiro atoms. The Hall–Kier alpha value is -1.39. The van der Waals surface area contributed by atoms with Crippen LogP contribution >= 0.6 is 0 Å². The van der Waals surface area contributed by atoms with Crippen LogP contribution < -0.4 is 5.32 Å². The average molecular weight is 247 g/mol. The van der Waals surface area contributed by atoms with Gasteiger partial charge in [-0.2, -0.15) is 0 Å². The molecule has 0 saturated carbocycles. The lowest BCUT2D eigenvalue weighted by molar-refractivity contribution is 0.0904. The fraction of sp³-hybridized carbons (Fsp3) is 0.500. The summed E-state index contributed by atoms with van der Waals surface area (Å²) in [5.41, 5.74) is 2.26. The molecule has 0 aliphatic heterocycles. The molecule has 2 aromatic rings. The quantitative estimate of drug-likeness (QED) is 0.852. The molecule has 4 nitrogen and oxygen atoms in total. The van der Waals surface area contributed by atoms with Crippen LogP contribution in [0.5, 0.6) is 0 Å². The van der Waals surface area contributed by atoms with E-state index in [2.05, 4.69) is 41.0 Å². The van der Waals surface area contributed by atoms with Gasteiger partial charge in [0.25, 0.3) is 0 Å². The molecule has 2 heterocycles. The first kappa shape index (κ1) is 13.1. The summed E-state index contributed by atoms with van der Waals surface area (Å²) in [6.07, 6.45) is 3.95. The Kier molecular flexibility index (Phi) is 4.33. The second-order valence-corrected chi connectivity index (χ2v) is 4.66. The number of rotatable bonds is 6. The van der Waals surface area contributed by atoms with Crippen LogP contribution in [-0.4, -0.2) is 22.2 Å². The van der Waals surface area contributed by atoms with Gasteiger partial charge in [0.05, 0.1) is 0 Å². The van der Waals surface area contributed by atoms with Gasteiger partial charge in [-0.25, -0.2) is 4.98 Å². The summed E-state index contributed by atoms with van der Waals surface area (Å²) in [6.45, 7) is 8.44. The standard InChI is InChI=1S/C14H21N3O/c1-4-18-10-17-9-12(8-16-11(2)3)13-6-5-7-15-14(13)17/h5-7,9,11,16H,4,8,10H2,1-3H3. The molecule has 2 rings (SSSR count). The molecule has 0 atom stereocenters. The smallest absolute Gasteiger partial charge is 0.142 e. The molecule has 2 aromatic heterocycles. The van der Waals surface area contributed by atoms with Crippen LogP contribution in [-0.2, 0) is 18.0 Å². The van der Waals surface area contributed by atoms with Crippen LogP contribution in [0.25, 0.3) is 11.0 Å². The Labute approximate surface area is 108 Å². The molecule has 0 aromatic carbocycles. The predicted molar refractivity (Wildman–Crippen MR) is 73.3 cm³/mol. The topological polar surface area (TPSA) is 39.1 Å². The predicted octanol–water partition coefficient (Wildman–Crippen LogP) is 2.53. The molecule has 0 saturated heterocycles. The van der Waals surface area contributed by atoms with E-state index in [0.29, 0.717) is 19.4 Å². The van der Waals surface area contributed by atoms with Gasteiger partial charge in [-0.15, -0.1) is 0 Å². The third-order valence-electron chi connectivity index (χ3n) is 2.85. The lowest BCUT2D eigenvalue weighted by Gasteiger charge is -2.06. The maximum Gasteiger partial charge on any atom is 0.142 e. The molecule has 0 amide bonds. The number of pyridine rings is 1. The third-order valence-corrected chi connectivity index (χ3v) is 2.85. The summed E-state index contributed by atoms with van der Waals surface area (Å²) in [5, 5.41) is 4.64. The second-order valence-electron chi connectivity index (χ2n) is 4.66. The van der Waals surface area contributed by atoms with E-state index in [-0.39, 0.29) is 0 Å². The fourth-order valence-corrected chi connectivity index (χ4v) is 1.94. The highest BCUT2D eigenvalue weighted by Crippen LogP contribution is 2.19. The van der Waals surface area contributed by atoms with Crippen molar-refractivity contribution in [1.29, 1.82) is 0 Å². The van der Waals surface area contributed by atoms with E-state index in [1.165, 1.54) is 10.9 Å². The molecule has 0 aliphatic carbocycles. The van der Waals surface area contributed by atoms with Crippen molar-refractivity contribution in [3.05, 3.63) is 30.1 Å². The first-order valence-corrected chi connectivity index (χ1v) is 6.46. The summed E-state index contributed by atoms with van der Waals surface area (Å²) in [7, 11) is 0. The van der Waals surface area contributed by atoms with Gasteiger partial charge in [0.15, 0.2) is 0 Å². The van der Waals surface area contributed by atoms with Crippen molar-refractivity contribution in [2.24, 2.45) is 0 Å². The van der Waals surface area contributed by atoms with Crippen molar-refractivity contribution in [3.63, 3.8) is 0 Å². The van der Waals surface area contributed by atoms with Gasteiger partial charge in [-0.05, 0) is 24.6 Å². The fourth-order valence-electron chi connectivity index (χ4n) is 1.94. The number of hydrogen-bond acceptors (Lipinski definition) is 3. The van der Waals surface area contributed by atoms with Gasteiger partial charge in [0.2, 0.25) is 0 Å². The van der Waals surface area contributed by atoms with Gasteiger partial charge in [-0.1, -0.05) is 13.8 Å². The van der Waals surface area contributed by atoms with E-state index < -0.39 is 0 Å². The molecule has 4 heteroatoms. The Morgan fingerprint density at radius 1 is 1.44 bits per heavy atom. The Morgan fingerprint density at radius 2 is 2.28 bits per heavy atom. The first-order chi connectivity index (χ1) is 8.72. The van der Waals surface area contributed by atoms with Crippen LogP contribution in [0.3, 0.4) is 0 Å². The Bertz CT molecular complexity index is 505. The maximum atomic E-state index is 5.47. The molecule has 0 aliphatic rings. The minimum atomic E-state index is 0.479. The van der Waals surface area contributed by atoms with E-state index in [9.17, 15) is 0 Å². The number of ether oxygens (including phenoxy) is 1. The molecule has 0 fully saturated rings. The minimum absolute atomic E-state index is 0.479. The zero-order valence-electron chi connectivity index (χ0n) is 11.3. The lowest BCUT2D eigenvalue weighted by Crippen LogP contribution is -2.21. The number of aromatic nitrogens is 2. The zero-order chi connectivity index (χ0) is 13.0. The van der Waals surface area contributed by atoms with Crippen molar-refractivity contribution in [3.8, 4) is 0 Å². The third kappa shape index (κ3) is 2.89. The first-order valence-electron chi connectivity index (χ1n) is 6.46. The SMILES string of the molecule is CCOCn1cc(CNC(C)C)c2cccnc21. The highest BCUT2D eigenvalue weighted by atomic mass is 16.5. The number of hydrogen-bond donors (Lipinski definition) is 1.